The highest BCUT2D eigenvalue weighted by molar-refractivity contribution is 5.93. The number of aryl methyl sites for hydroxylation is 2. The summed E-state index contributed by atoms with van der Waals surface area (Å²) in [5, 5.41) is 5.32. The number of amides is 1. The Kier molecular flexibility index (Phi) is 3.99. The van der Waals surface area contributed by atoms with Crippen LogP contribution < -0.4 is 9.88 Å². The van der Waals surface area contributed by atoms with Gasteiger partial charge in [0, 0.05) is 17.3 Å². The van der Waals surface area contributed by atoms with Gasteiger partial charge >= 0.3 is 0 Å². The number of pyridine rings is 1. The van der Waals surface area contributed by atoms with Gasteiger partial charge in [-0.15, -0.1) is 0 Å². The van der Waals surface area contributed by atoms with Gasteiger partial charge in [-0.25, -0.2) is 0 Å². The first-order valence-corrected chi connectivity index (χ1v) is 8.57. The van der Waals surface area contributed by atoms with Crippen LogP contribution in [0.5, 0.6) is 0 Å². The van der Waals surface area contributed by atoms with Crippen molar-refractivity contribution < 1.29 is 9.36 Å². The molecule has 0 saturated carbocycles. The molecule has 3 nitrogen and oxygen atoms in total. The van der Waals surface area contributed by atoms with E-state index in [1.54, 1.807) is 0 Å². The fourth-order valence-corrected chi connectivity index (χ4v) is 3.45. The van der Waals surface area contributed by atoms with Crippen LogP contribution in [0.25, 0.3) is 10.8 Å². The highest BCUT2D eigenvalue weighted by Gasteiger charge is 2.15. The molecule has 2 aromatic carbocycles. The van der Waals surface area contributed by atoms with Crippen molar-refractivity contribution in [3.05, 3.63) is 72.1 Å². The summed E-state index contributed by atoms with van der Waals surface area (Å²) < 4.78 is 1.99. The molecule has 0 bridgehead atoms. The van der Waals surface area contributed by atoms with Crippen LogP contribution >= 0.6 is 0 Å². The highest BCUT2D eigenvalue weighted by Crippen LogP contribution is 2.20. The Morgan fingerprint density at radius 3 is 2.62 bits per heavy atom. The number of carbonyl (C=O) groups excluding carboxylic acids is 1. The van der Waals surface area contributed by atoms with Crippen molar-refractivity contribution >= 4 is 22.4 Å². The molecular formula is C21H21N2O+. The first kappa shape index (κ1) is 14.9. The van der Waals surface area contributed by atoms with Gasteiger partial charge in [-0.05, 0) is 54.2 Å². The smallest absolute Gasteiger partial charge is 0.290 e. The molecule has 0 fully saturated rings. The van der Waals surface area contributed by atoms with Gasteiger partial charge < -0.3 is 5.32 Å². The molecule has 1 aliphatic rings. The molecule has 3 aromatic rings. The minimum Gasteiger partial charge on any atom is -0.321 e. The van der Waals surface area contributed by atoms with E-state index in [2.05, 4.69) is 29.7 Å². The van der Waals surface area contributed by atoms with Crippen LogP contribution in [0.2, 0.25) is 0 Å². The van der Waals surface area contributed by atoms with E-state index < -0.39 is 0 Å². The van der Waals surface area contributed by atoms with E-state index in [-0.39, 0.29) is 5.91 Å². The quantitative estimate of drug-likeness (QED) is 0.735. The molecule has 1 amide bonds. The Morgan fingerprint density at radius 2 is 1.75 bits per heavy atom. The van der Waals surface area contributed by atoms with E-state index in [1.165, 1.54) is 35.8 Å². The van der Waals surface area contributed by atoms with Crippen molar-refractivity contribution in [2.24, 2.45) is 0 Å². The Bertz CT molecular complexity index is 901. The van der Waals surface area contributed by atoms with Crippen LogP contribution in [0.1, 0.15) is 24.0 Å². The maximum Gasteiger partial charge on any atom is 0.290 e. The third kappa shape index (κ3) is 3.16. The molecule has 120 valence electrons. The summed E-state index contributed by atoms with van der Waals surface area (Å²) in [6, 6.07) is 16.3. The zero-order valence-corrected chi connectivity index (χ0v) is 13.7. The van der Waals surface area contributed by atoms with E-state index in [1.807, 2.05) is 41.1 Å². The van der Waals surface area contributed by atoms with Gasteiger partial charge in [0.2, 0.25) is 6.54 Å². The predicted octanol–water partition coefficient (Wildman–Crippen LogP) is 3.64. The lowest BCUT2D eigenvalue weighted by molar-refractivity contribution is -0.684. The summed E-state index contributed by atoms with van der Waals surface area (Å²) in [7, 11) is 0. The molecule has 0 atom stereocenters. The van der Waals surface area contributed by atoms with Crippen LogP contribution in [0.4, 0.5) is 5.69 Å². The molecule has 1 N–H and O–H groups in total. The number of fused-ring (bicyclic) bond motifs is 2. The third-order valence-electron chi connectivity index (χ3n) is 4.70. The Balaban J connectivity index is 1.47. The number of rotatable bonds is 3. The molecular weight excluding hydrogens is 296 g/mol. The SMILES string of the molecule is O=C(C[n+]1ccc2c(c1)CCCC2)Nc1ccc2ccccc2c1. The van der Waals surface area contributed by atoms with Gasteiger partial charge in [-0.3, -0.25) is 4.79 Å². The zero-order chi connectivity index (χ0) is 16.4. The van der Waals surface area contributed by atoms with Crippen LogP contribution in [-0.2, 0) is 24.2 Å². The normalized spacial score (nSPS) is 13.5. The molecule has 0 radical (unpaired) electrons. The number of nitrogens with one attached hydrogen (secondary N) is 1. The number of hydrogen-bond acceptors (Lipinski definition) is 1. The second kappa shape index (κ2) is 6.44. The van der Waals surface area contributed by atoms with E-state index in [0.29, 0.717) is 6.54 Å². The van der Waals surface area contributed by atoms with Gasteiger partial charge in [0.05, 0.1) is 0 Å². The molecule has 1 aromatic heterocycles. The third-order valence-corrected chi connectivity index (χ3v) is 4.70. The minimum atomic E-state index is 0.00559. The van der Waals surface area contributed by atoms with Crippen molar-refractivity contribution in [1.29, 1.82) is 0 Å². The number of hydrogen-bond donors (Lipinski definition) is 1. The number of anilines is 1. The van der Waals surface area contributed by atoms with E-state index in [4.69, 9.17) is 0 Å². The summed E-state index contributed by atoms with van der Waals surface area (Å²) in [5.74, 6) is 0.00559. The Hall–Kier alpha value is -2.68. The molecule has 1 heterocycles. The van der Waals surface area contributed by atoms with E-state index in [0.717, 1.165) is 17.5 Å². The van der Waals surface area contributed by atoms with Crippen molar-refractivity contribution in [1.82, 2.24) is 0 Å². The van der Waals surface area contributed by atoms with Gasteiger partial charge in [0.1, 0.15) is 0 Å². The molecule has 24 heavy (non-hydrogen) atoms. The molecule has 0 spiro atoms. The van der Waals surface area contributed by atoms with Gasteiger partial charge in [0.15, 0.2) is 12.4 Å². The average molecular weight is 317 g/mol. The highest BCUT2D eigenvalue weighted by atomic mass is 16.1. The van der Waals surface area contributed by atoms with Crippen LogP contribution in [0.15, 0.2) is 60.9 Å². The van der Waals surface area contributed by atoms with Crippen molar-refractivity contribution in [2.75, 3.05) is 5.32 Å². The Labute approximate surface area is 141 Å². The summed E-state index contributed by atoms with van der Waals surface area (Å²) in [5.41, 5.74) is 3.67. The molecule has 0 unspecified atom stereocenters. The maximum absolute atomic E-state index is 12.4. The second-order valence-corrected chi connectivity index (χ2v) is 6.48. The first-order chi connectivity index (χ1) is 11.8. The molecule has 0 aliphatic heterocycles. The predicted molar refractivity (Wildman–Crippen MR) is 95.9 cm³/mol. The number of carbonyl (C=O) groups is 1. The average Bonchev–Trinajstić information content (AvgIpc) is 2.61. The largest absolute Gasteiger partial charge is 0.321 e. The first-order valence-electron chi connectivity index (χ1n) is 8.57. The van der Waals surface area contributed by atoms with Gasteiger partial charge in [0.25, 0.3) is 5.91 Å². The number of benzene rings is 2. The molecule has 3 heteroatoms. The van der Waals surface area contributed by atoms with Crippen molar-refractivity contribution in [3.63, 3.8) is 0 Å². The van der Waals surface area contributed by atoms with Crippen molar-refractivity contribution in [3.8, 4) is 0 Å². The van der Waals surface area contributed by atoms with Gasteiger partial charge in [-0.1, -0.05) is 30.3 Å². The summed E-state index contributed by atoms with van der Waals surface area (Å²) in [6.07, 6.45) is 8.97. The molecule has 1 aliphatic carbocycles. The minimum absolute atomic E-state index is 0.00559. The van der Waals surface area contributed by atoms with E-state index >= 15 is 0 Å². The van der Waals surface area contributed by atoms with Crippen LogP contribution in [0, 0.1) is 0 Å². The fourth-order valence-electron chi connectivity index (χ4n) is 3.45. The zero-order valence-electron chi connectivity index (χ0n) is 13.7. The van der Waals surface area contributed by atoms with E-state index in [9.17, 15) is 4.79 Å². The topological polar surface area (TPSA) is 33.0 Å². The van der Waals surface area contributed by atoms with Gasteiger partial charge in [-0.2, -0.15) is 4.57 Å². The van der Waals surface area contributed by atoms with Crippen LogP contribution in [-0.4, -0.2) is 5.91 Å². The lowest BCUT2D eigenvalue weighted by Gasteiger charge is -2.13. The lowest BCUT2D eigenvalue weighted by atomic mass is 9.93. The molecule has 4 rings (SSSR count). The Morgan fingerprint density at radius 1 is 0.958 bits per heavy atom. The number of nitrogens with zero attached hydrogens (tertiary/aromatic N) is 1. The second-order valence-electron chi connectivity index (χ2n) is 6.48. The maximum atomic E-state index is 12.4. The standard InChI is InChI=1S/C21H20N2O/c24-21(15-23-12-11-17-6-2-4-8-19(17)14-23)22-20-10-9-16-5-1-3-7-18(16)13-20/h1,3,5,7,9-14H,2,4,6,8,15H2/p+1. The lowest BCUT2D eigenvalue weighted by Crippen LogP contribution is -2.40. The summed E-state index contributed by atoms with van der Waals surface area (Å²) >= 11 is 0. The summed E-state index contributed by atoms with van der Waals surface area (Å²) in [4.78, 5) is 12.4. The molecule has 0 saturated heterocycles. The monoisotopic (exact) mass is 317 g/mol. The fraction of sp³-hybridized carbons (Fsp3) is 0.238. The number of aromatic nitrogens is 1. The summed E-state index contributed by atoms with van der Waals surface area (Å²) in [6.45, 7) is 0.347. The van der Waals surface area contributed by atoms with Crippen molar-refractivity contribution in [2.45, 2.75) is 32.2 Å². The van der Waals surface area contributed by atoms with Crippen LogP contribution in [0.3, 0.4) is 0 Å².